The third-order valence-electron chi connectivity index (χ3n) is 4.51. The van der Waals surface area contributed by atoms with Gasteiger partial charge in [-0.1, -0.05) is 25.7 Å². The van der Waals surface area contributed by atoms with Crippen LogP contribution in [0, 0.1) is 11.8 Å². The van der Waals surface area contributed by atoms with E-state index in [0.29, 0.717) is 0 Å². The van der Waals surface area contributed by atoms with Crippen molar-refractivity contribution < 1.29 is 0 Å². The molecule has 1 aliphatic carbocycles. The molecule has 0 spiro atoms. The van der Waals surface area contributed by atoms with Crippen LogP contribution in [0.15, 0.2) is 0 Å². The molecular weight excluding hydrogens is 196 g/mol. The van der Waals surface area contributed by atoms with Crippen molar-refractivity contribution in [2.75, 3.05) is 26.2 Å². The number of hydrogen-bond acceptors (Lipinski definition) is 2. The Morgan fingerprint density at radius 1 is 0.938 bits per heavy atom. The smallest absolute Gasteiger partial charge is 0.00101 e. The van der Waals surface area contributed by atoms with E-state index in [1.807, 2.05) is 0 Å². The molecular formula is C14H28N2. The van der Waals surface area contributed by atoms with Crippen molar-refractivity contribution >= 4 is 0 Å². The van der Waals surface area contributed by atoms with E-state index in [1.54, 1.807) is 0 Å². The lowest BCUT2D eigenvalue weighted by molar-refractivity contribution is 0.161. The van der Waals surface area contributed by atoms with Gasteiger partial charge >= 0.3 is 0 Å². The highest BCUT2D eigenvalue weighted by atomic mass is 15.1. The molecule has 2 aliphatic rings. The zero-order chi connectivity index (χ0) is 11.2. The molecule has 0 aromatic carbocycles. The van der Waals surface area contributed by atoms with Gasteiger partial charge in [0, 0.05) is 6.54 Å². The molecule has 1 unspecified atom stereocenters. The van der Waals surface area contributed by atoms with E-state index in [2.05, 4.69) is 4.90 Å². The average molecular weight is 224 g/mol. The van der Waals surface area contributed by atoms with Gasteiger partial charge in [-0.25, -0.2) is 0 Å². The molecule has 2 nitrogen and oxygen atoms in total. The van der Waals surface area contributed by atoms with Gasteiger partial charge in [0.25, 0.3) is 0 Å². The van der Waals surface area contributed by atoms with E-state index in [9.17, 15) is 0 Å². The first kappa shape index (κ1) is 12.4. The van der Waals surface area contributed by atoms with Crippen LogP contribution in [0.4, 0.5) is 0 Å². The summed E-state index contributed by atoms with van der Waals surface area (Å²) in [4.78, 5) is 2.70. The van der Waals surface area contributed by atoms with Crippen LogP contribution < -0.4 is 5.73 Å². The minimum absolute atomic E-state index is 0.876. The van der Waals surface area contributed by atoms with Crippen LogP contribution in [0.25, 0.3) is 0 Å². The minimum atomic E-state index is 0.876. The van der Waals surface area contributed by atoms with Crippen LogP contribution in [0.1, 0.15) is 51.4 Å². The standard InChI is InChI=1S/C14H28N2/c15-9-7-14-6-3-10-16(12-14)11-8-13-4-1-2-5-13/h13-14H,1-12,15H2. The monoisotopic (exact) mass is 224 g/mol. The summed E-state index contributed by atoms with van der Waals surface area (Å²) in [5, 5.41) is 0. The van der Waals surface area contributed by atoms with Crippen molar-refractivity contribution in [3.8, 4) is 0 Å². The molecule has 0 aromatic heterocycles. The van der Waals surface area contributed by atoms with E-state index in [0.717, 1.165) is 18.4 Å². The maximum atomic E-state index is 5.66. The SMILES string of the molecule is NCCC1CCCN(CCC2CCCC2)C1. The Kier molecular flexibility index (Phi) is 5.11. The Balaban J connectivity index is 1.64. The second-order valence-electron chi connectivity index (χ2n) is 5.83. The summed E-state index contributed by atoms with van der Waals surface area (Å²) in [5.74, 6) is 1.94. The van der Waals surface area contributed by atoms with E-state index >= 15 is 0 Å². The molecule has 2 N–H and O–H groups in total. The Morgan fingerprint density at radius 3 is 2.44 bits per heavy atom. The molecule has 1 heterocycles. The first-order valence-electron chi connectivity index (χ1n) is 7.31. The fourth-order valence-corrected chi connectivity index (χ4v) is 3.49. The molecule has 1 saturated carbocycles. The highest BCUT2D eigenvalue weighted by molar-refractivity contribution is 4.75. The highest BCUT2D eigenvalue weighted by Gasteiger charge is 2.21. The number of nitrogens with two attached hydrogens (primary N) is 1. The first-order chi connectivity index (χ1) is 7.88. The molecule has 2 heteroatoms. The van der Waals surface area contributed by atoms with Crippen LogP contribution in [0.2, 0.25) is 0 Å². The lowest BCUT2D eigenvalue weighted by atomic mass is 9.94. The van der Waals surface area contributed by atoms with Crippen molar-refractivity contribution in [1.29, 1.82) is 0 Å². The molecule has 16 heavy (non-hydrogen) atoms. The van der Waals surface area contributed by atoms with E-state index in [4.69, 9.17) is 5.73 Å². The molecule has 1 atom stereocenters. The molecule has 94 valence electrons. The van der Waals surface area contributed by atoms with E-state index < -0.39 is 0 Å². The van der Waals surface area contributed by atoms with Crippen molar-refractivity contribution in [2.45, 2.75) is 51.4 Å². The number of rotatable bonds is 5. The predicted molar refractivity (Wildman–Crippen MR) is 69.4 cm³/mol. The van der Waals surface area contributed by atoms with Gasteiger partial charge in [-0.2, -0.15) is 0 Å². The molecule has 1 saturated heterocycles. The van der Waals surface area contributed by atoms with Gasteiger partial charge in [-0.3, -0.25) is 0 Å². The summed E-state index contributed by atoms with van der Waals surface area (Å²) in [6, 6.07) is 0. The zero-order valence-electron chi connectivity index (χ0n) is 10.7. The largest absolute Gasteiger partial charge is 0.330 e. The minimum Gasteiger partial charge on any atom is -0.330 e. The normalized spacial score (nSPS) is 28.7. The summed E-state index contributed by atoms with van der Waals surface area (Å²) in [6.45, 7) is 4.89. The molecule has 1 aliphatic heterocycles. The van der Waals surface area contributed by atoms with Gasteiger partial charge in [-0.15, -0.1) is 0 Å². The van der Waals surface area contributed by atoms with Gasteiger partial charge in [0.2, 0.25) is 0 Å². The summed E-state index contributed by atoms with van der Waals surface area (Å²) in [7, 11) is 0. The fourth-order valence-electron chi connectivity index (χ4n) is 3.49. The van der Waals surface area contributed by atoms with Crippen LogP contribution in [0.3, 0.4) is 0 Å². The Morgan fingerprint density at radius 2 is 1.69 bits per heavy atom. The van der Waals surface area contributed by atoms with Crippen molar-refractivity contribution in [2.24, 2.45) is 17.6 Å². The summed E-state index contributed by atoms with van der Waals surface area (Å²) in [6.07, 6.45) is 11.5. The number of hydrogen-bond donors (Lipinski definition) is 1. The van der Waals surface area contributed by atoms with Gasteiger partial charge < -0.3 is 10.6 Å². The van der Waals surface area contributed by atoms with Crippen molar-refractivity contribution in [3.05, 3.63) is 0 Å². The molecule has 0 bridgehead atoms. The second-order valence-corrected chi connectivity index (χ2v) is 5.83. The third-order valence-corrected chi connectivity index (χ3v) is 4.51. The van der Waals surface area contributed by atoms with Gasteiger partial charge in [0.05, 0.1) is 0 Å². The lowest BCUT2D eigenvalue weighted by Gasteiger charge is -2.33. The highest BCUT2D eigenvalue weighted by Crippen LogP contribution is 2.28. The maximum Gasteiger partial charge on any atom is 0.00101 e. The van der Waals surface area contributed by atoms with E-state index in [-0.39, 0.29) is 0 Å². The zero-order valence-corrected chi connectivity index (χ0v) is 10.7. The van der Waals surface area contributed by atoms with Crippen LogP contribution >= 0.6 is 0 Å². The van der Waals surface area contributed by atoms with Crippen molar-refractivity contribution in [1.82, 2.24) is 4.90 Å². The Bertz CT molecular complexity index is 185. The van der Waals surface area contributed by atoms with Gasteiger partial charge in [0.1, 0.15) is 0 Å². The number of piperidine rings is 1. The van der Waals surface area contributed by atoms with E-state index in [1.165, 1.54) is 71.0 Å². The summed E-state index contributed by atoms with van der Waals surface area (Å²) < 4.78 is 0. The maximum absolute atomic E-state index is 5.66. The van der Waals surface area contributed by atoms with Crippen LogP contribution in [0.5, 0.6) is 0 Å². The van der Waals surface area contributed by atoms with Gasteiger partial charge in [-0.05, 0) is 57.2 Å². The Hall–Kier alpha value is -0.0800. The van der Waals surface area contributed by atoms with Gasteiger partial charge in [0.15, 0.2) is 0 Å². The first-order valence-corrected chi connectivity index (χ1v) is 7.31. The Labute approximate surface area is 101 Å². The predicted octanol–water partition coefficient (Wildman–Crippen LogP) is 2.63. The third kappa shape index (κ3) is 3.74. The lowest BCUT2D eigenvalue weighted by Crippen LogP contribution is -2.37. The van der Waals surface area contributed by atoms with Crippen LogP contribution in [-0.4, -0.2) is 31.1 Å². The molecule has 0 radical (unpaired) electrons. The van der Waals surface area contributed by atoms with Crippen LogP contribution in [-0.2, 0) is 0 Å². The molecule has 0 amide bonds. The molecule has 2 rings (SSSR count). The average Bonchev–Trinajstić information content (AvgIpc) is 2.80. The van der Waals surface area contributed by atoms with Crippen molar-refractivity contribution in [3.63, 3.8) is 0 Å². The summed E-state index contributed by atoms with van der Waals surface area (Å²) in [5.41, 5.74) is 5.66. The molecule has 2 fully saturated rings. The number of likely N-dealkylation sites (tertiary alicyclic amines) is 1. The topological polar surface area (TPSA) is 29.3 Å². The fraction of sp³-hybridized carbons (Fsp3) is 1.00. The number of nitrogens with zero attached hydrogens (tertiary/aromatic N) is 1. The molecule has 0 aromatic rings. The quantitative estimate of drug-likeness (QED) is 0.778. The summed E-state index contributed by atoms with van der Waals surface area (Å²) >= 11 is 0. The second kappa shape index (κ2) is 6.61.